The summed E-state index contributed by atoms with van der Waals surface area (Å²) < 4.78 is 16.0. The van der Waals surface area contributed by atoms with Gasteiger partial charge >= 0.3 is 0 Å². The summed E-state index contributed by atoms with van der Waals surface area (Å²) in [6, 6.07) is 15.3. The molecule has 0 bridgehead atoms. The minimum Gasteiger partial charge on any atom is -0.481 e. The summed E-state index contributed by atoms with van der Waals surface area (Å²) >= 11 is 0. The number of fused-ring (bicyclic) bond motifs is 1. The van der Waals surface area contributed by atoms with E-state index in [1.54, 1.807) is 20.4 Å². The second-order valence-corrected chi connectivity index (χ2v) is 6.69. The van der Waals surface area contributed by atoms with Crippen LogP contribution in [0.3, 0.4) is 0 Å². The molecule has 6 nitrogen and oxygen atoms in total. The predicted octanol–water partition coefficient (Wildman–Crippen LogP) is 3.05. The zero-order valence-corrected chi connectivity index (χ0v) is 15.8. The van der Waals surface area contributed by atoms with Crippen molar-refractivity contribution in [3.05, 3.63) is 60.3 Å². The lowest BCUT2D eigenvalue weighted by atomic mass is 9.96. The van der Waals surface area contributed by atoms with Gasteiger partial charge in [0.2, 0.25) is 5.88 Å². The molecule has 0 radical (unpaired) electrons. The highest BCUT2D eigenvalue weighted by Crippen LogP contribution is 2.30. The molecule has 1 aliphatic rings. The summed E-state index contributed by atoms with van der Waals surface area (Å²) in [5.41, 5.74) is 2.61. The Balaban J connectivity index is 1.69. The Morgan fingerprint density at radius 3 is 2.64 bits per heavy atom. The van der Waals surface area contributed by atoms with Crippen LogP contribution >= 0.6 is 0 Å². The summed E-state index contributed by atoms with van der Waals surface area (Å²) in [6.45, 7) is 0.948. The zero-order chi connectivity index (χ0) is 19.5. The van der Waals surface area contributed by atoms with Crippen LogP contribution in [0.1, 0.15) is 10.4 Å². The van der Waals surface area contributed by atoms with E-state index in [1.807, 2.05) is 48.5 Å². The first kappa shape index (κ1) is 18.4. The molecule has 1 saturated heterocycles. The second kappa shape index (κ2) is 7.96. The number of nitrogens with one attached hydrogen (secondary N) is 1. The minimum atomic E-state index is -0.151. The molecule has 1 aliphatic heterocycles. The van der Waals surface area contributed by atoms with E-state index < -0.39 is 0 Å². The molecular formula is C22H22N2O4. The third-order valence-corrected chi connectivity index (χ3v) is 5.07. The topological polar surface area (TPSA) is 69.7 Å². The number of nitrogens with zero attached hydrogens (tertiary/aromatic N) is 1. The van der Waals surface area contributed by atoms with Crippen LogP contribution in [-0.4, -0.2) is 50.5 Å². The fourth-order valence-corrected chi connectivity index (χ4v) is 3.57. The number of ether oxygens (including phenoxy) is 3. The third kappa shape index (κ3) is 3.44. The van der Waals surface area contributed by atoms with E-state index in [0.717, 1.165) is 21.9 Å². The van der Waals surface area contributed by atoms with Crippen LogP contribution in [0.15, 0.2) is 54.7 Å². The number of carbonyl (C=O) groups excluding carboxylic acids is 1. The van der Waals surface area contributed by atoms with E-state index in [1.165, 1.54) is 0 Å². The lowest BCUT2D eigenvalue weighted by Crippen LogP contribution is -2.43. The average Bonchev–Trinajstić information content (AvgIpc) is 3.20. The standard InChI is InChI=1S/C22H22N2O4/c1-26-20-13-28-12-19(20)24-22(25)18-8-4-6-16-15(5-3-7-17(16)18)14-9-10-21(27-2)23-11-14/h3-11,19-20H,12-13H2,1-2H3,(H,24,25)/t19-,20+/m0/s1. The van der Waals surface area contributed by atoms with Crippen LogP contribution in [0.2, 0.25) is 0 Å². The van der Waals surface area contributed by atoms with Crippen molar-refractivity contribution in [3.8, 4) is 17.0 Å². The molecule has 1 N–H and O–H groups in total. The lowest BCUT2D eigenvalue weighted by molar-refractivity contribution is 0.0686. The van der Waals surface area contributed by atoms with Crippen molar-refractivity contribution in [2.75, 3.05) is 27.4 Å². The Bertz CT molecular complexity index is 987. The lowest BCUT2D eigenvalue weighted by Gasteiger charge is -2.18. The zero-order valence-electron chi connectivity index (χ0n) is 15.8. The molecule has 4 rings (SSSR count). The number of hydrogen-bond acceptors (Lipinski definition) is 5. The van der Waals surface area contributed by atoms with Gasteiger partial charge in [-0.1, -0.05) is 30.3 Å². The van der Waals surface area contributed by atoms with Crippen molar-refractivity contribution >= 4 is 16.7 Å². The molecule has 2 atom stereocenters. The van der Waals surface area contributed by atoms with Crippen LogP contribution in [0.25, 0.3) is 21.9 Å². The molecule has 1 aromatic heterocycles. The highest BCUT2D eigenvalue weighted by atomic mass is 16.5. The van der Waals surface area contributed by atoms with Crippen molar-refractivity contribution in [3.63, 3.8) is 0 Å². The smallest absolute Gasteiger partial charge is 0.252 e. The maximum atomic E-state index is 13.0. The predicted molar refractivity (Wildman–Crippen MR) is 107 cm³/mol. The average molecular weight is 378 g/mol. The van der Waals surface area contributed by atoms with Gasteiger partial charge in [-0.2, -0.15) is 0 Å². The molecule has 0 saturated carbocycles. The number of pyridine rings is 1. The number of benzene rings is 2. The molecule has 0 spiro atoms. The first-order valence-corrected chi connectivity index (χ1v) is 9.15. The van der Waals surface area contributed by atoms with Gasteiger partial charge < -0.3 is 19.5 Å². The van der Waals surface area contributed by atoms with E-state index in [0.29, 0.717) is 24.7 Å². The van der Waals surface area contributed by atoms with Gasteiger partial charge in [0.25, 0.3) is 5.91 Å². The van der Waals surface area contributed by atoms with E-state index in [-0.39, 0.29) is 18.1 Å². The molecule has 1 fully saturated rings. The normalized spacial score (nSPS) is 18.9. The maximum absolute atomic E-state index is 13.0. The number of amides is 1. The molecule has 2 aromatic carbocycles. The summed E-state index contributed by atoms with van der Waals surface area (Å²) in [7, 11) is 3.22. The second-order valence-electron chi connectivity index (χ2n) is 6.69. The maximum Gasteiger partial charge on any atom is 0.252 e. The number of hydrogen-bond donors (Lipinski definition) is 1. The fraction of sp³-hybridized carbons (Fsp3) is 0.273. The third-order valence-electron chi connectivity index (χ3n) is 5.07. The van der Waals surface area contributed by atoms with Gasteiger partial charge in [-0.3, -0.25) is 4.79 Å². The number of rotatable bonds is 5. The van der Waals surface area contributed by atoms with Crippen LogP contribution in [0.5, 0.6) is 5.88 Å². The van der Waals surface area contributed by atoms with Gasteiger partial charge in [0, 0.05) is 30.5 Å². The van der Waals surface area contributed by atoms with Gasteiger partial charge in [0.05, 0.1) is 26.4 Å². The van der Waals surface area contributed by atoms with Crippen molar-refractivity contribution in [2.45, 2.75) is 12.1 Å². The summed E-state index contributed by atoms with van der Waals surface area (Å²) in [5.74, 6) is 0.434. The molecule has 0 unspecified atom stereocenters. The molecule has 1 amide bonds. The molecule has 3 aromatic rings. The van der Waals surface area contributed by atoms with Crippen molar-refractivity contribution in [1.29, 1.82) is 0 Å². The molecule has 144 valence electrons. The molecule has 0 aliphatic carbocycles. The van der Waals surface area contributed by atoms with Crippen LogP contribution in [-0.2, 0) is 9.47 Å². The Morgan fingerprint density at radius 1 is 1.07 bits per heavy atom. The van der Waals surface area contributed by atoms with Crippen LogP contribution in [0.4, 0.5) is 0 Å². The van der Waals surface area contributed by atoms with E-state index >= 15 is 0 Å². The summed E-state index contributed by atoms with van der Waals surface area (Å²) in [5, 5.41) is 4.93. The quantitative estimate of drug-likeness (QED) is 0.739. The van der Waals surface area contributed by atoms with Gasteiger partial charge in [0.15, 0.2) is 0 Å². The Labute approximate surface area is 163 Å². The monoisotopic (exact) mass is 378 g/mol. The number of methoxy groups -OCH3 is 2. The van der Waals surface area contributed by atoms with E-state index in [4.69, 9.17) is 14.2 Å². The Morgan fingerprint density at radius 2 is 1.89 bits per heavy atom. The first-order chi connectivity index (χ1) is 13.7. The van der Waals surface area contributed by atoms with Crippen molar-refractivity contribution < 1.29 is 19.0 Å². The SMILES string of the molecule is COc1ccc(-c2cccc3c(C(=O)N[C@H]4COC[C@H]4OC)cccc23)cn1. The first-order valence-electron chi connectivity index (χ1n) is 9.15. The van der Waals surface area contributed by atoms with Gasteiger partial charge in [-0.25, -0.2) is 4.98 Å². The highest BCUT2D eigenvalue weighted by molar-refractivity contribution is 6.10. The van der Waals surface area contributed by atoms with E-state index in [9.17, 15) is 4.79 Å². The number of carbonyl (C=O) groups is 1. The Kier molecular flexibility index (Phi) is 5.23. The van der Waals surface area contributed by atoms with Gasteiger partial charge in [-0.15, -0.1) is 0 Å². The van der Waals surface area contributed by atoms with Crippen molar-refractivity contribution in [2.24, 2.45) is 0 Å². The van der Waals surface area contributed by atoms with Gasteiger partial charge in [0.1, 0.15) is 6.10 Å². The summed E-state index contributed by atoms with van der Waals surface area (Å²) in [6.07, 6.45) is 1.65. The van der Waals surface area contributed by atoms with Crippen LogP contribution in [0, 0.1) is 0 Å². The van der Waals surface area contributed by atoms with Gasteiger partial charge in [-0.05, 0) is 28.5 Å². The highest BCUT2D eigenvalue weighted by Gasteiger charge is 2.30. The molecular weight excluding hydrogens is 356 g/mol. The fourth-order valence-electron chi connectivity index (χ4n) is 3.57. The Hall–Kier alpha value is -2.96. The molecule has 28 heavy (non-hydrogen) atoms. The summed E-state index contributed by atoms with van der Waals surface area (Å²) in [4.78, 5) is 17.3. The molecule has 2 heterocycles. The minimum absolute atomic E-state index is 0.125. The van der Waals surface area contributed by atoms with Crippen molar-refractivity contribution in [1.82, 2.24) is 10.3 Å². The molecule has 6 heteroatoms. The largest absolute Gasteiger partial charge is 0.481 e. The van der Waals surface area contributed by atoms with E-state index in [2.05, 4.69) is 10.3 Å². The van der Waals surface area contributed by atoms with Crippen LogP contribution < -0.4 is 10.1 Å². The number of aromatic nitrogens is 1.